The van der Waals surface area contributed by atoms with Crippen LogP contribution in [0.1, 0.15) is 71.6 Å². The Labute approximate surface area is 161 Å². The second kappa shape index (κ2) is 9.09. The van der Waals surface area contributed by atoms with E-state index in [9.17, 15) is 4.79 Å². The largest absolute Gasteiger partial charge is 0.461 e. The summed E-state index contributed by atoms with van der Waals surface area (Å²) in [7, 11) is 0. The smallest absolute Gasteiger partial charge is 0.357 e. The molecule has 2 atom stereocenters. The fraction of sp³-hybridized carbons (Fsp3) is 0.500. The van der Waals surface area contributed by atoms with E-state index in [4.69, 9.17) is 9.47 Å². The summed E-state index contributed by atoms with van der Waals surface area (Å²) in [4.78, 5) is 20.5. The lowest BCUT2D eigenvalue weighted by Gasteiger charge is -2.30. The van der Waals surface area contributed by atoms with Gasteiger partial charge in [0.25, 0.3) is 0 Å². The zero-order valence-electron chi connectivity index (χ0n) is 16.4. The van der Waals surface area contributed by atoms with E-state index in [0.29, 0.717) is 12.3 Å². The molecule has 0 radical (unpaired) electrons. The number of carbonyl (C=O) groups excluding carboxylic acids is 1. The number of ether oxygens (including phenoxy) is 2. The average molecular weight is 368 g/mol. The first-order valence-corrected chi connectivity index (χ1v) is 9.78. The van der Waals surface area contributed by atoms with Crippen molar-refractivity contribution in [2.24, 2.45) is 0 Å². The van der Waals surface area contributed by atoms with Crippen LogP contribution in [0.5, 0.6) is 0 Å². The summed E-state index contributed by atoms with van der Waals surface area (Å²) >= 11 is 0. The van der Waals surface area contributed by atoms with Crippen LogP contribution < -0.4 is 0 Å². The van der Waals surface area contributed by atoms with Crippen molar-refractivity contribution in [1.82, 2.24) is 9.97 Å². The van der Waals surface area contributed by atoms with Crippen LogP contribution in [0, 0.1) is 13.8 Å². The summed E-state index contributed by atoms with van der Waals surface area (Å²) in [6, 6.07) is 8.62. The minimum atomic E-state index is -0.382. The maximum Gasteiger partial charge on any atom is 0.357 e. The molecule has 144 valence electrons. The molecule has 1 aliphatic rings. The molecular weight excluding hydrogens is 340 g/mol. The van der Waals surface area contributed by atoms with Crippen LogP contribution in [0.4, 0.5) is 0 Å². The predicted octanol–water partition coefficient (Wildman–Crippen LogP) is 4.51. The molecule has 0 saturated carbocycles. The number of benzene rings is 1. The number of hydrogen-bond donors (Lipinski definition) is 0. The minimum absolute atomic E-state index is 0.172. The molecule has 1 aromatic heterocycles. The van der Waals surface area contributed by atoms with Crippen molar-refractivity contribution in [3.8, 4) is 0 Å². The van der Waals surface area contributed by atoms with Crippen LogP contribution in [0.15, 0.2) is 30.6 Å². The Kier molecular flexibility index (Phi) is 6.56. The zero-order valence-corrected chi connectivity index (χ0v) is 16.4. The third kappa shape index (κ3) is 4.92. The van der Waals surface area contributed by atoms with E-state index in [1.807, 2.05) is 6.92 Å². The van der Waals surface area contributed by atoms with Crippen molar-refractivity contribution < 1.29 is 14.3 Å². The molecule has 2 aromatic rings. The molecule has 1 saturated heterocycles. The molecule has 3 rings (SSSR count). The SMILES string of the molecule is CCOC(=O)c1ncnc(CCC2CCC[C@@H](c3ccc(C)cc3)O2)c1C. The summed E-state index contributed by atoms with van der Waals surface area (Å²) in [5.41, 5.74) is 4.59. The number of aryl methyl sites for hydroxylation is 2. The van der Waals surface area contributed by atoms with Crippen molar-refractivity contribution in [3.05, 3.63) is 58.7 Å². The lowest BCUT2D eigenvalue weighted by molar-refractivity contribution is -0.0547. The normalized spacial score (nSPS) is 19.7. The van der Waals surface area contributed by atoms with E-state index >= 15 is 0 Å². The quantitative estimate of drug-likeness (QED) is 0.702. The molecule has 1 aromatic carbocycles. The maximum absolute atomic E-state index is 12.0. The van der Waals surface area contributed by atoms with Crippen molar-refractivity contribution in [2.75, 3.05) is 6.61 Å². The number of rotatable bonds is 6. The Morgan fingerprint density at radius 1 is 1.19 bits per heavy atom. The van der Waals surface area contributed by atoms with Gasteiger partial charge >= 0.3 is 5.97 Å². The number of nitrogens with zero attached hydrogens (tertiary/aromatic N) is 2. The van der Waals surface area contributed by atoms with Gasteiger partial charge < -0.3 is 9.47 Å². The number of aromatic nitrogens is 2. The van der Waals surface area contributed by atoms with Gasteiger partial charge in [-0.3, -0.25) is 0 Å². The Morgan fingerprint density at radius 2 is 1.96 bits per heavy atom. The van der Waals surface area contributed by atoms with E-state index in [1.165, 1.54) is 23.9 Å². The third-order valence-electron chi connectivity index (χ3n) is 5.16. The van der Waals surface area contributed by atoms with Crippen LogP contribution in [-0.2, 0) is 15.9 Å². The van der Waals surface area contributed by atoms with Crippen molar-refractivity contribution >= 4 is 5.97 Å². The van der Waals surface area contributed by atoms with Gasteiger partial charge in [-0.25, -0.2) is 14.8 Å². The fourth-order valence-electron chi connectivity index (χ4n) is 3.58. The molecule has 5 heteroatoms. The average Bonchev–Trinajstić information content (AvgIpc) is 2.68. The first-order chi connectivity index (χ1) is 13.1. The highest BCUT2D eigenvalue weighted by atomic mass is 16.5. The maximum atomic E-state index is 12.0. The van der Waals surface area contributed by atoms with Gasteiger partial charge in [0.05, 0.1) is 18.8 Å². The first-order valence-electron chi connectivity index (χ1n) is 9.78. The van der Waals surface area contributed by atoms with Gasteiger partial charge in [0.2, 0.25) is 0 Å². The zero-order chi connectivity index (χ0) is 19.2. The van der Waals surface area contributed by atoms with Gasteiger partial charge in [0, 0.05) is 11.3 Å². The van der Waals surface area contributed by atoms with Crippen LogP contribution in [-0.4, -0.2) is 28.6 Å². The molecule has 27 heavy (non-hydrogen) atoms. The summed E-state index contributed by atoms with van der Waals surface area (Å²) in [6.45, 7) is 6.12. The molecule has 0 spiro atoms. The first kappa shape index (κ1) is 19.5. The molecule has 1 fully saturated rings. The van der Waals surface area contributed by atoms with Gasteiger partial charge in [-0.15, -0.1) is 0 Å². The van der Waals surface area contributed by atoms with Crippen LogP contribution >= 0.6 is 0 Å². The summed E-state index contributed by atoms with van der Waals surface area (Å²) < 4.78 is 11.4. The summed E-state index contributed by atoms with van der Waals surface area (Å²) in [6.07, 6.45) is 6.80. The molecule has 1 aliphatic heterocycles. The number of carbonyl (C=O) groups is 1. The minimum Gasteiger partial charge on any atom is -0.461 e. The lowest BCUT2D eigenvalue weighted by atomic mass is 9.95. The molecular formula is C22H28N2O3. The molecule has 5 nitrogen and oxygen atoms in total. The van der Waals surface area contributed by atoms with E-state index in [2.05, 4.69) is 41.2 Å². The van der Waals surface area contributed by atoms with E-state index < -0.39 is 0 Å². The van der Waals surface area contributed by atoms with Gasteiger partial charge in [0.15, 0.2) is 5.69 Å². The Morgan fingerprint density at radius 3 is 2.70 bits per heavy atom. The van der Waals surface area contributed by atoms with Gasteiger partial charge in [-0.1, -0.05) is 29.8 Å². The van der Waals surface area contributed by atoms with Gasteiger partial charge in [-0.2, -0.15) is 0 Å². The Balaban J connectivity index is 1.62. The van der Waals surface area contributed by atoms with Gasteiger partial charge in [-0.05, 0) is 58.4 Å². The van der Waals surface area contributed by atoms with E-state index in [0.717, 1.165) is 36.9 Å². The summed E-state index contributed by atoms with van der Waals surface area (Å²) in [5.74, 6) is -0.382. The highest BCUT2D eigenvalue weighted by molar-refractivity contribution is 5.88. The monoisotopic (exact) mass is 368 g/mol. The number of hydrogen-bond acceptors (Lipinski definition) is 5. The fourth-order valence-corrected chi connectivity index (χ4v) is 3.58. The van der Waals surface area contributed by atoms with Crippen molar-refractivity contribution in [2.45, 2.75) is 65.1 Å². The molecule has 0 aliphatic carbocycles. The highest BCUT2D eigenvalue weighted by Crippen LogP contribution is 2.33. The highest BCUT2D eigenvalue weighted by Gasteiger charge is 2.24. The van der Waals surface area contributed by atoms with E-state index in [-0.39, 0.29) is 18.2 Å². The Hall–Kier alpha value is -2.27. The van der Waals surface area contributed by atoms with Gasteiger partial charge in [0.1, 0.15) is 6.33 Å². The van der Waals surface area contributed by atoms with Crippen LogP contribution in [0.2, 0.25) is 0 Å². The Bertz CT molecular complexity index is 774. The second-order valence-corrected chi connectivity index (χ2v) is 7.14. The third-order valence-corrected chi connectivity index (χ3v) is 5.16. The molecule has 0 bridgehead atoms. The predicted molar refractivity (Wildman–Crippen MR) is 104 cm³/mol. The topological polar surface area (TPSA) is 61.3 Å². The molecule has 0 amide bonds. The molecule has 0 N–H and O–H groups in total. The molecule has 2 heterocycles. The van der Waals surface area contributed by atoms with Crippen LogP contribution in [0.3, 0.4) is 0 Å². The summed E-state index contributed by atoms with van der Waals surface area (Å²) in [5, 5.41) is 0. The number of esters is 1. The van der Waals surface area contributed by atoms with E-state index in [1.54, 1.807) is 6.92 Å². The van der Waals surface area contributed by atoms with Crippen molar-refractivity contribution in [1.29, 1.82) is 0 Å². The van der Waals surface area contributed by atoms with Crippen molar-refractivity contribution in [3.63, 3.8) is 0 Å². The molecule has 1 unspecified atom stereocenters. The van der Waals surface area contributed by atoms with Crippen LogP contribution in [0.25, 0.3) is 0 Å². The lowest BCUT2D eigenvalue weighted by Crippen LogP contribution is -2.23. The second-order valence-electron chi connectivity index (χ2n) is 7.14. The standard InChI is InChI=1S/C22H28N2O3/c1-4-26-22(25)21-16(3)19(23-14-24-21)13-12-18-6-5-7-20(27-18)17-10-8-15(2)9-11-17/h8-11,14,18,20H,4-7,12-13H2,1-3H3/t18?,20-/m0/s1.